The van der Waals surface area contributed by atoms with Gasteiger partial charge in [-0.05, 0) is 132 Å². The smallest absolute Gasteiger partial charge is 0.433 e. The molecule has 1 heterocycles. The molecule has 7 unspecified atom stereocenters. The van der Waals surface area contributed by atoms with E-state index in [9.17, 15) is 43.2 Å². The van der Waals surface area contributed by atoms with Crippen LogP contribution in [0.3, 0.4) is 0 Å². The van der Waals surface area contributed by atoms with Crippen molar-refractivity contribution in [2.45, 2.75) is 161 Å². The molecule has 2 aliphatic carbocycles. The van der Waals surface area contributed by atoms with E-state index in [0.29, 0.717) is 19.3 Å². The lowest BCUT2D eigenvalue weighted by Gasteiger charge is -2.36. The van der Waals surface area contributed by atoms with E-state index in [0.717, 1.165) is 56.3 Å². The second-order valence-corrected chi connectivity index (χ2v) is 27.6. The van der Waals surface area contributed by atoms with Crippen LogP contribution in [-0.2, 0) is 59.1 Å². The number of ether oxygens (including phenoxy) is 5. The van der Waals surface area contributed by atoms with Crippen LogP contribution in [0.15, 0.2) is 121 Å². The summed E-state index contributed by atoms with van der Waals surface area (Å²) >= 11 is 0. The van der Waals surface area contributed by atoms with Crippen LogP contribution >= 0.6 is 0 Å². The topological polar surface area (TPSA) is 308 Å². The molecule has 9 amide bonds. The first-order chi connectivity index (χ1) is 49.7. The number of alkyl carbamates (subject to hydrolysis) is 2. The number of likely N-dealkylation sites (tertiary alicyclic amines) is 1. The third-order valence-electron chi connectivity index (χ3n) is 18.8. The van der Waals surface area contributed by atoms with E-state index in [1.165, 1.54) is 43.3 Å². The molecule has 8 N–H and O–H groups in total. The number of likely N-dealkylation sites (N-methyl/N-ethyl adjacent to an activating group) is 2. The molecule has 0 bridgehead atoms. The van der Waals surface area contributed by atoms with Crippen LogP contribution < -0.4 is 37.6 Å². The monoisotopic (exact) mass is 1440 g/mol. The minimum atomic E-state index is -5.30. The van der Waals surface area contributed by atoms with Gasteiger partial charge in [-0.1, -0.05) is 151 Å². The van der Waals surface area contributed by atoms with Crippen LogP contribution in [0.2, 0.25) is 0 Å². The molecule has 24 nitrogen and oxygen atoms in total. The normalized spacial score (nSPS) is 15.6. The number of amides is 9. The zero-order chi connectivity index (χ0) is 75.4. The van der Waals surface area contributed by atoms with Gasteiger partial charge in [-0.15, -0.1) is 0 Å². The molecule has 0 aromatic heterocycles. The quantitative estimate of drug-likeness (QED) is 0.0113. The van der Waals surface area contributed by atoms with Gasteiger partial charge in [-0.2, -0.15) is 13.2 Å². The maximum Gasteiger partial charge on any atom is 0.433 e. The Bertz CT molecular complexity index is 3690. The third-order valence-corrected chi connectivity index (χ3v) is 18.8. The van der Waals surface area contributed by atoms with E-state index >= 15 is 13.2 Å². The van der Waals surface area contributed by atoms with E-state index in [2.05, 4.69) is 31.9 Å². The Labute approximate surface area is 605 Å². The summed E-state index contributed by atoms with van der Waals surface area (Å²) in [6, 6.07) is 31.9. The molecule has 27 heteroatoms. The zero-order valence-electron chi connectivity index (χ0n) is 60.6. The molecule has 3 aliphatic rings. The summed E-state index contributed by atoms with van der Waals surface area (Å²) in [5.41, 5.74) is 14.4. The van der Waals surface area contributed by atoms with E-state index in [4.69, 9.17) is 29.4 Å². The van der Waals surface area contributed by atoms with Crippen LogP contribution in [-0.4, -0.2) is 184 Å². The maximum absolute atomic E-state index is 15.2. The summed E-state index contributed by atoms with van der Waals surface area (Å²) in [4.78, 5) is 127. The number of carbonyl (C=O) groups is 9. The number of benzene rings is 5. The lowest BCUT2D eigenvalue weighted by atomic mass is 9.98. The molecule has 5 aromatic rings. The van der Waals surface area contributed by atoms with Gasteiger partial charge in [0, 0.05) is 51.3 Å². The highest BCUT2D eigenvalue weighted by Gasteiger charge is 2.50. The lowest BCUT2D eigenvalue weighted by molar-refractivity contribution is -0.270. The average molecular weight is 1450 g/mol. The lowest BCUT2D eigenvalue weighted by Crippen LogP contribution is -2.57. The van der Waals surface area contributed by atoms with E-state index in [-0.39, 0.29) is 105 Å². The molecule has 1 saturated heterocycles. The van der Waals surface area contributed by atoms with E-state index < -0.39 is 128 Å². The zero-order valence-corrected chi connectivity index (χ0v) is 60.6. The molecule has 0 spiro atoms. The highest BCUT2D eigenvalue weighted by molar-refractivity contribution is 5.99. The molecule has 1 aliphatic heterocycles. The summed E-state index contributed by atoms with van der Waals surface area (Å²) in [5.74, 6) is -5.00. The number of halogens is 3. The first kappa shape index (κ1) is 80.1. The highest BCUT2D eigenvalue weighted by atomic mass is 19.4. The van der Waals surface area contributed by atoms with Crippen LogP contribution in [0.4, 0.5) is 33.2 Å². The number of carbonyl (C=O) groups excluding carboxylic acids is 9. The molecule has 104 heavy (non-hydrogen) atoms. The Morgan fingerprint density at radius 1 is 0.625 bits per heavy atom. The Kier molecular flexibility index (Phi) is 29.0. The number of fused-ring (bicyclic) bond motifs is 6. The van der Waals surface area contributed by atoms with E-state index in [1.54, 1.807) is 13.8 Å². The first-order valence-electron chi connectivity index (χ1n) is 35.6. The van der Waals surface area contributed by atoms with Crippen molar-refractivity contribution in [2.24, 2.45) is 23.5 Å². The molecule has 0 radical (unpaired) electrons. The number of hydrogen-bond donors (Lipinski definition) is 7. The first-order valence-corrected chi connectivity index (χ1v) is 35.6. The summed E-state index contributed by atoms with van der Waals surface area (Å²) in [6.07, 6.45) is -11.5. The van der Waals surface area contributed by atoms with Crippen molar-refractivity contribution in [2.75, 3.05) is 72.0 Å². The molecule has 0 saturated carbocycles. The van der Waals surface area contributed by atoms with Gasteiger partial charge in [0.1, 0.15) is 56.1 Å². The predicted octanol–water partition coefficient (Wildman–Crippen LogP) is 9.73. The molecule has 5 aromatic carbocycles. The number of unbranched alkanes of at least 4 members (excludes halogenated alkanes) is 1. The summed E-state index contributed by atoms with van der Waals surface area (Å²) in [7, 11) is 2.87. The van der Waals surface area contributed by atoms with Gasteiger partial charge >= 0.3 is 24.5 Å². The summed E-state index contributed by atoms with van der Waals surface area (Å²) in [5, 5.41) is 16.5. The predicted molar refractivity (Wildman–Crippen MR) is 384 cm³/mol. The standard InChI is InChI=1S/C77H99F3N10O14/c1-46(2)41-63(86-70(94)66(48(5)6)87-75(98)102-45-61-58-27-16-12-23-54(58)55-24-13-17-28-59(55)61)68(92)85-62(29-18-19-36-83-74(97)101-44-60-56-25-14-10-21-52(56)53-22-11-15-26-57(53)60)67(91)84-51-33-31-50(32-34-51)43-103-76(99)90(38-40-100-39-35-81)73(77(78,79)80)104-49(7)71(95)89-37-20-30-64(89)72(96)88(9)65(42-47(3)4)69(93)82-8/h10-17,21-28,31-34,46-49,60-66,73H,18-20,29-30,35-45,81H2,1-9H3,(H,82,93)(H,83,97)(H,84,91)(H,85,92)(H,86,94)(H,87,98). The van der Waals surface area contributed by atoms with Gasteiger partial charge in [0.15, 0.2) is 0 Å². The van der Waals surface area contributed by atoms with Crippen molar-refractivity contribution >= 4 is 59.4 Å². The highest BCUT2D eigenvalue weighted by Crippen LogP contribution is 2.46. The minimum Gasteiger partial charge on any atom is -0.449 e. The second-order valence-electron chi connectivity index (χ2n) is 27.6. The average Bonchev–Trinajstić information content (AvgIpc) is 1.62. The van der Waals surface area contributed by atoms with Gasteiger partial charge in [-0.25, -0.2) is 14.4 Å². The Morgan fingerprint density at radius 2 is 1.16 bits per heavy atom. The van der Waals surface area contributed by atoms with Crippen molar-refractivity contribution in [3.8, 4) is 22.3 Å². The van der Waals surface area contributed by atoms with Crippen LogP contribution in [0.5, 0.6) is 0 Å². The third kappa shape index (κ3) is 21.1. The number of nitrogens with one attached hydrogen (secondary N) is 6. The van der Waals surface area contributed by atoms with Crippen LogP contribution in [0, 0.1) is 17.8 Å². The van der Waals surface area contributed by atoms with Gasteiger partial charge in [0.25, 0.3) is 5.91 Å². The van der Waals surface area contributed by atoms with Crippen molar-refractivity contribution in [1.82, 2.24) is 41.3 Å². The molecule has 1 fully saturated rings. The summed E-state index contributed by atoms with van der Waals surface area (Å²) in [6.45, 7) is 10.5. The number of rotatable bonds is 35. The number of nitrogens with two attached hydrogens (primary N) is 1. The number of anilines is 1. The van der Waals surface area contributed by atoms with Gasteiger partial charge < -0.3 is 71.1 Å². The van der Waals surface area contributed by atoms with Gasteiger partial charge in [0.05, 0.1) is 19.8 Å². The molecular formula is C77H99F3N10O14. The number of nitrogens with zero attached hydrogens (tertiary/aromatic N) is 3. The fourth-order valence-electron chi connectivity index (χ4n) is 13.5. The second kappa shape index (κ2) is 37.7. The molecule has 562 valence electrons. The van der Waals surface area contributed by atoms with Crippen LogP contribution in [0.25, 0.3) is 22.3 Å². The Hall–Kier alpha value is -9.60. The molecular weight excluding hydrogens is 1350 g/mol. The maximum atomic E-state index is 15.2. The van der Waals surface area contributed by atoms with Crippen molar-refractivity contribution < 1.29 is 80.0 Å². The van der Waals surface area contributed by atoms with E-state index in [1.807, 2.05) is 125 Å². The Morgan fingerprint density at radius 3 is 1.68 bits per heavy atom. The van der Waals surface area contributed by atoms with Gasteiger partial charge in [0.2, 0.25) is 35.8 Å². The van der Waals surface area contributed by atoms with Crippen molar-refractivity contribution in [1.29, 1.82) is 0 Å². The summed E-state index contributed by atoms with van der Waals surface area (Å²) < 4.78 is 73.4. The number of alkyl halides is 3. The fraction of sp³-hybridized carbons (Fsp3) is 0.494. The minimum absolute atomic E-state index is 0.00112. The van der Waals surface area contributed by atoms with Crippen LogP contribution in [0.1, 0.15) is 133 Å². The van der Waals surface area contributed by atoms with Gasteiger partial charge in [-0.3, -0.25) is 33.7 Å². The largest absolute Gasteiger partial charge is 0.449 e. The van der Waals surface area contributed by atoms with Crippen molar-refractivity contribution in [3.63, 3.8) is 0 Å². The number of hydrogen-bond acceptors (Lipinski definition) is 15. The van der Waals surface area contributed by atoms with Crippen molar-refractivity contribution in [3.05, 3.63) is 149 Å². The SMILES string of the molecule is CNC(=O)C(CC(C)C)N(C)C(=O)C1CCCN1C(=O)C(C)OC(N(CCOCCN)C(=O)OCc1ccc(NC(=O)C(CCCCNC(=O)OCC2c3ccccc3-c3ccccc32)NC(=O)C(CC(C)C)NC(=O)C(NC(=O)OCC2c3ccccc3-c3ccccc32)C(C)C)cc1)C(F)(F)F. The molecule has 7 atom stereocenters. The Balaban J connectivity index is 0.920. The molecule has 8 rings (SSSR count). The fourth-order valence-corrected chi connectivity index (χ4v) is 13.5.